The van der Waals surface area contributed by atoms with E-state index in [2.05, 4.69) is 5.32 Å². The number of sulfonamides is 1. The van der Waals surface area contributed by atoms with Gasteiger partial charge in [-0.3, -0.25) is 0 Å². The molecule has 1 heterocycles. The van der Waals surface area contributed by atoms with Crippen LogP contribution in [0.3, 0.4) is 0 Å². The van der Waals surface area contributed by atoms with Gasteiger partial charge in [-0.15, -0.1) is 0 Å². The van der Waals surface area contributed by atoms with E-state index in [9.17, 15) is 8.42 Å². The molecular weight excluding hydrogens is 224 g/mol. The molecule has 96 valence electrons. The molecule has 5 heteroatoms. The maximum atomic E-state index is 12.2. The molecule has 4 nitrogen and oxygen atoms in total. The van der Waals surface area contributed by atoms with E-state index in [1.165, 1.54) is 0 Å². The first-order chi connectivity index (χ1) is 7.47. The molecule has 1 aliphatic rings. The second kappa shape index (κ2) is 5.98. The number of hydrogen-bond acceptors (Lipinski definition) is 3. The predicted molar refractivity (Wildman–Crippen MR) is 66.9 cm³/mol. The average molecular weight is 248 g/mol. The summed E-state index contributed by atoms with van der Waals surface area (Å²) in [6, 6.07) is 0.170. The fourth-order valence-electron chi connectivity index (χ4n) is 2.17. The van der Waals surface area contributed by atoms with Crippen LogP contribution in [-0.4, -0.2) is 44.2 Å². The Kier molecular flexibility index (Phi) is 5.21. The molecule has 0 bridgehead atoms. The zero-order valence-electron chi connectivity index (χ0n) is 10.6. The highest BCUT2D eigenvalue weighted by atomic mass is 32.2. The van der Waals surface area contributed by atoms with E-state index in [1.807, 2.05) is 20.8 Å². The summed E-state index contributed by atoms with van der Waals surface area (Å²) in [4.78, 5) is 0. The van der Waals surface area contributed by atoms with Gasteiger partial charge in [-0.05, 0) is 25.3 Å². The largest absolute Gasteiger partial charge is 0.315 e. The molecule has 1 fully saturated rings. The maximum absolute atomic E-state index is 12.2. The lowest BCUT2D eigenvalue weighted by Gasteiger charge is -2.28. The van der Waals surface area contributed by atoms with E-state index < -0.39 is 10.0 Å². The van der Waals surface area contributed by atoms with Crippen molar-refractivity contribution in [1.82, 2.24) is 9.62 Å². The lowest BCUT2D eigenvalue weighted by atomic mass is 10.2. The second-order valence-corrected chi connectivity index (χ2v) is 6.90. The number of nitrogens with one attached hydrogen (secondary N) is 1. The maximum Gasteiger partial charge on any atom is 0.214 e. The third kappa shape index (κ3) is 3.71. The summed E-state index contributed by atoms with van der Waals surface area (Å²) in [5.41, 5.74) is 0. The summed E-state index contributed by atoms with van der Waals surface area (Å²) >= 11 is 0. The van der Waals surface area contributed by atoms with Gasteiger partial charge in [-0.2, -0.15) is 4.31 Å². The Morgan fingerprint density at radius 1 is 1.44 bits per heavy atom. The molecule has 16 heavy (non-hydrogen) atoms. The lowest BCUT2D eigenvalue weighted by Crippen LogP contribution is -2.43. The van der Waals surface area contributed by atoms with Crippen molar-refractivity contribution >= 4 is 10.0 Å². The van der Waals surface area contributed by atoms with E-state index in [-0.39, 0.29) is 17.7 Å². The first kappa shape index (κ1) is 13.9. The van der Waals surface area contributed by atoms with Crippen molar-refractivity contribution in [1.29, 1.82) is 0 Å². The molecule has 1 saturated heterocycles. The first-order valence-electron chi connectivity index (χ1n) is 6.17. The Morgan fingerprint density at radius 3 is 2.56 bits per heavy atom. The smallest absolute Gasteiger partial charge is 0.214 e. The predicted octanol–water partition coefficient (Wildman–Crippen LogP) is 1.05. The number of hydrogen-bond donors (Lipinski definition) is 1. The van der Waals surface area contributed by atoms with Gasteiger partial charge in [0.2, 0.25) is 10.0 Å². The third-order valence-electron chi connectivity index (χ3n) is 2.79. The Bertz CT molecular complexity index is 295. The average Bonchev–Trinajstić information content (AvgIpc) is 2.64. The molecule has 0 aromatic carbocycles. The van der Waals surface area contributed by atoms with Crippen molar-refractivity contribution in [3.05, 3.63) is 0 Å². The van der Waals surface area contributed by atoms with Crippen molar-refractivity contribution in [3.8, 4) is 0 Å². The second-order valence-electron chi connectivity index (χ2n) is 4.93. The highest BCUT2D eigenvalue weighted by Crippen LogP contribution is 2.16. The Labute approximate surface area is 99.5 Å². The Balaban J connectivity index is 2.75. The quantitative estimate of drug-likeness (QED) is 0.764. The first-order valence-corrected chi connectivity index (χ1v) is 7.78. The van der Waals surface area contributed by atoms with Crippen LogP contribution in [0.4, 0.5) is 0 Å². The molecule has 0 radical (unpaired) electrons. The monoisotopic (exact) mass is 248 g/mol. The molecule has 0 spiro atoms. The fraction of sp³-hybridized carbons (Fsp3) is 1.00. The summed E-state index contributed by atoms with van der Waals surface area (Å²) in [6.45, 7) is 8.32. The van der Waals surface area contributed by atoms with E-state index in [0.29, 0.717) is 6.54 Å². The highest BCUT2D eigenvalue weighted by Gasteiger charge is 2.31. The van der Waals surface area contributed by atoms with Crippen LogP contribution in [0.25, 0.3) is 0 Å². The zero-order chi connectivity index (χ0) is 12.2. The molecule has 0 aromatic rings. The molecule has 1 unspecified atom stereocenters. The van der Waals surface area contributed by atoms with E-state index >= 15 is 0 Å². The molecule has 1 aliphatic heterocycles. The van der Waals surface area contributed by atoms with Crippen molar-refractivity contribution in [2.45, 2.75) is 39.7 Å². The molecule has 1 N–H and O–H groups in total. The topological polar surface area (TPSA) is 49.4 Å². The number of rotatable bonds is 6. The molecule has 0 saturated carbocycles. The summed E-state index contributed by atoms with van der Waals surface area (Å²) in [5.74, 6) is 0.461. The van der Waals surface area contributed by atoms with Gasteiger partial charge < -0.3 is 5.32 Å². The van der Waals surface area contributed by atoms with Crippen molar-refractivity contribution in [3.63, 3.8) is 0 Å². The number of nitrogens with zero attached hydrogens (tertiary/aromatic N) is 1. The van der Waals surface area contributed by atoms with Crippen LogP contribution in [0.5, 0.6) is 0 Å². The summed E-state index contributed by atoms with van der Waals surface area (Å²) in [7, 11) is -3.07. The van der Waals surface area contributed by atoms with Gasteiger partial charge in [0.25, 0.3) is 0 Å². The minimum absolute atomic E-state index is 0.170. The minimum atomic E-state index is -3.07. The van der Waals surface area contributed by atoms with Gasteiger partial charge in [0.1, 0.15) is 0 Å². The van der Waals surface area contributed by atoms with Gasteiger partial charge in [0.05, 0.1) is 5.75 Å². The van der Waals surface area contributed by atoms with Crippen LogP contribution >= 0.6 is 0 Å². The summed E-state index contributed by atoms with van der Waals surface area (Å²) in [6.07, 6.45) is 1.82. The minimum Gasteiger partial charge on any atom is -0.315 e. The van der Waals surface area contributed by atoms with Gasteiger partial charge in [0, 0.05) is 19.1 Å². The summed E-state index contributed by atoms with van der Waals surface area (Å²) < 4.78 is 26.1. The van der Waals surface area contributed by atoms with Crippen LogP contribution in [0.2, 0.25) is 0 Å². The van der Waals surface area contributed by atoms with E-state index in [0.717, 1.165) is 25.9 Å². The lowest BCUT2D eigenvalue weighted by molar-refractivity contribution is 0.333. The third-order valence-corrected chi connectivity index (χ3v) is 5.07. The van der Waals surface area contributed by atoms with Crippen molar-refractivity contribution in [2.75, 3.05) is 25.4 Å². The van der Waals surface area contributed by atoms with Gasteiger partial charge in [-0.1, -0.05) is 20.8 Å². The highest BCUT2D eigenvalue weighted by molar-refractivity contribution is 7.89. The molecule has 0 aliphatic carbocycles. The van der Waals surface area contributed by atoms with Crippen LogP contribution < -0.4 is 5.32 Å². The van der Waals surface area contributed by atoms with E-state index in [4.69, 9.17) is 0 Å². The van der Waals surface area contributed by atoms with Crippen molar-refractivity contribution in [2.24, 2.45) is 5.92 Å². The fourth-order valence-corrected chi connectivity index (χ4v) is 4.30. The van der Waals surface area contributed by atoms with E-state index in [1.54, 1.807) is 4.31 Å². The zero-order valence-corrected chi connectivity index (χ0v) is 11.4. The molecule has 1 atom stereocenters. The molecule has 0 amide bonds. The SMILES string of the molecule is CCCN(C1CCNC1)S(=O)(=O)CC(C)C. The molecular formula is C11H24N2O2S. The van der Waals surface area contributed by atoms with Gasteiger partial charge in [-0.25, -0.2) is 8.42 Å². The Hall–Kier alpha value is -0.130. The van der Waals surface area contributed by atoms with Crippen LogP contribution in [-0.2, 0) is 10.0 Å². The summed E-state index contributed by atoms with van der Waals surface area (Å²) in [5, 5.41) is 3.23. The van der Waals surface area contributed by atoms with Crippen LogP contribution in [0, 0.1) is 5.92 Å². The molecule has 0 aromatic heterocycles. The normalized spacial score (nSPS) is 22.2. The standard InChI is InChI=1S/C11H24N2O2S/c1-4-7-13(11-5-6-12-8-11)16(14,15)9-10(2)3/h10-12H,4-9H2,1-3H3. The van der Waals surface area contributed by atoms with Gasteiger partial charge in [0.15, 0.2) is 0 Å². The van der Waals surface area contributed by atoms with Crippen molar-refractivity contribution < 1.29 is 8.42 Å². The van der Waals surface area contributed by atoms with Crippen LogP contribution in [0.1, 0.15) is 33.6 Å². The Morgan fingerprint density at radius 2 is 2.12 bits per heavy atom. The van der Waals surface area contributed by atoms with Gasteiger partial charge >= 0.3 is 0 Å². The molecule has 1 rings (SSSR count). The van der Waals surface area contributed by atoms with Crippen LogP contribution in [0.15, 0.2) is 0 Å².